The molecule has 0 aliphatic rings. The summed E-state index contributed by atoms with van der Waals surface area (Å²) in [7, 11) is 0. The number of nitrogens with zero attached hydrogens (tertiary/aromatic N) is 1. The molecule has 0 aromatic heterocycles. The Kier molecular flexibility index (Phi) is 5.09. The van der Waals surface area contributed by atoms with Crippen molar-refractivity contribution in [2.24, 2.45) is 0 Å². The molecule has 1 aromatic rings. The van der Waals surface area contributed by atoms with E-state index in [0.29, 0.717) is 13.0 Å². The lowest BCUT2D eigenvalue weighted by Gasteiger charge is -2.07. The topological polar surface area (TPSA) is 72.2 Å². The van der Waals surface area contributed by atoms with Crippen LogP contribution in [0, 0.1) is 17.0 Å². The number of nitrogens with one attached hydrogen (secondary N) is 1. The van der Waals surface area contributed by atoms with Gasteiger partial charge in [0.25, 0.3) is 11.6 Å². The SMILES string of the molecule is Cc1ccc([N+](=O)[O-])c(C(=O)NCCC(C)Cl)c1. The number of nitro groups is 1. The van der Waals surface area contributed by atoms with Crippen molar-refractivity contribution in [1.82, 2.24) is 5.32 Å². The first-order valence-electron chi connectivity index (χ1n) is 5.59. The Morgan fingerprint density at radius 3 is 2.78 bits per heavy atom. The zero-order valence-electron chi connectivity index (χ0n) is 10.3. The van der Waals surface area contributed by atoms with Crippen LogP contribution in [0.4, 0.5) is 5.69 Å². The number of hydrogen-bond donors (Lipinski definition) is 1. The molecule has 0 radical (unpaired) electrons. The minimum absolute atomic E-state index is 0.0437. The molecular formula is C12H15ClN2O3. The van der Waals surface area contributed by atoms with Crippen molar-refractivity contribution in [2.75, 3.05) is 6.54 Å². The third-order valence-electron chi connectivity index (χ3n) is 2.42. The second kappa shape index (κ2) is 6.35. The lowest BCUT2D eigenvalue weighted by molar-refractivity contribution is -0.385. The number of carbonyl (C=O) groups excluding carboxylic acids is 1. The number of aryl methyl sites for hydroxylation is 1. The maximum atomic E-state index is 11.8. The van der Waals surface area contributed by atoms with Crippen LogP contribution in [0.15, 0.2) is 18.2 Å². The molecule has 0 fully saturated rings. The van der Waals surface area contributed by atoms with Gasteiger partial charge in [-0.3, -0.25) is 14.9 Å². The standard InChI is InChI=1S/C12H15ClN2O3/c1-8-3-4-11(15(17)18)10(7-8)12(16)14-6-5-9(2)13/h3-4,7,9H,5-6H2,1-2H3,(H,14,16). The molecule has 6 heteroatoms. The van der Waals surface area contributed by atoms with E-state index >= 15 is 0 Å². The van der Waals surface area contributed by atoms with E-state index in [9.17, 15) is 14.9 Å². The van der Waals surface area contributed by atoms with Gasteiger partial charge >= 0.3 is 0 Å². The lowest BCUT2D eigenvalue weighted by Crippen LogP contribution is -2.26. The van der Waals surface area contributed by atoms with E-state index in [1.165, 1.54) is 12.1 Å². The molecule has 0 aliphatic carbocycles. The molecule has 1 aromatic carbocycles. The van der Waals surface area contributed by atoms with Gasteiger partial charge in [0, 0.05) is 18.0 Å². The molecule has 1 unspecified atom stereocenters. The Hall–Kier alpha value is -1.62. The van der Waals surface area contributed by atoms with Gasteiger partial charge in [0.15, 0.2) is 0 Å². The number of benzene rings is 1. The van der Waals surface area contributed by atoms with Crippen molar-refractivity contribution in [3.63, 3.8) is 0 Å². The molecule has 1 rings (SSSR count). The maximum Gasteiger partial charge on any atom is 0.282 e. The van der Waals surface area contributed by atoms with E-state index in [-0.39, 0.29) is 16.6 Å². The largest absolute Gasteiger partial charge is 0.352 e. The summed E-state index contributed by atoms with van der Waals surface area (Å²) in [5.74, 6) is -0.442. The Bertz CT molecular complexity index is 461. The van der Waals surface area contributed by atoms with Gasteiger partial charge in [-0.05, 0) is 31.9 Å². The Morgan fingerprint density at radius 2 is 2.22 bits per heavy atom. The van der Waals surface area contributed by atoms with Crippen LogP contribution in [0.1, 0.15) is 29.3 Å². The molecule has 0 aliphatic heterocycles. The fourth-order valence-corrected chi connectivity index (χ4v) is 1.58. The molecule has 5 nitrogen and oxygen atoms in total. The zero-order valence-corrected chi connectivity index (χ0v) is 11.0. The smallest absolute Gasteiger partial charge is 0.282 e. The minimum Gasteiger partial charge on any atom is -0.352 e. The van der Waals surface area contributed by atoms with E-state index < -0.39 is 10.8 Å². The molecule has 0 bridgehead atoms. The first-order chi connectivity index (χ1) is 8.41. The molecule has 1 atom stereocenters. The van der Waals surface area contributed by atoms with Gasteiger partial charge in [-0.25, -0.2) is 0 Å². The van der Waals surface area contributed by atoms with Crippen molar-refractivity contribution in [1.29, 1.82) is 0 Å². The van der Waals surface area contributed by atoms with E-state index in [4.69, 9.17) is 11.6 Å². The van der Waals surface area contributed by atoms with Gasteiger partial charge in [0.2, 0.25) is 0 Å². The zero-order chi connectivity index (χ0) is 13.7. The van der Waals surface area contributed by atoms with Crippen molar-refractivity contribution in [2.45, 2.75) is 25.6 Å². The number of hydrogen-bond acceptors (Lipinski definition) is 3. The highest BCUT2D eigenvalue weighted by atomic mass is 35.5. The summed E-state index contributed by atoms with van der Waals surface area (Å²) in [5.41, 5.74) is 0.704. The second-order valence-corrected chi connectivity index (χ2v) is 4.85. The van der Waals surface area contributed by atoms with Gasteiger partial charge in [0.1, 0.15) is 5.56 Å². The second-order valence-electron chi connectivity index (χ2n) is 4.10. The number of carbonyl (C=O) groups is 1. The Morgan fingerprint density at radius 1 is 1.56 bits per heavy atom. The van der Waals surface area contributed by atoms with Gasteiger partial charge in [-0.2, -0.15) is 0 Å². The average Bonchev–Trinajstić information content (AvgIpc) is 2.27. The first-order valence-corrected chi connectivity index (χ1v) is 6.02. The predicted octanol–water partition coefficient (Wildman–Crippen LogP) is 2.65. The van der Waals surface area contributed by atoms with E-state index in [0.717, 1.165) is 5.56 Å². The third-order valence-corrected chi connectivity index (χ3v) is 2.64. The third kappa shape index (κ3) is 4.00. The number of halogens is 1. The van der Waals surface area contributed by atoms with Crippen LogP contribution in [0.3, 0.4) is 0 Å². The monoisotopic (exact) mass is 270 g/mol. The molecule has 18 heavy (non-hydrogen) atoms. The van der Waals surface area contributed by atoms with Crippen LogP contribution in [-0.2, 0) is 0 Å². The molecule has 1 N–H and O–H groups in total. The van der Waals surface area contributed by atoms with Crippen LogP contribution < -0.4 is 5.32 Å². The van der Waals surface area contributed by atoms with Gasteiger partial charge in [-0.1, -0.05) is 6.07 Å². The van der Waals surface area contributed by atoms with Crippen molar-refractivity contribution in [3.8, 4) is 0 Å². The van der Waals surface area contributed by atoms with Gasteiger partial charge < -0.3 is 5.32 Å². The summed E-state index contributed by atoms with van der Waals surface area (Å²) in [6, 6.07) is 4.46. The maximum absolute atomic E-state index is 11.8. The average molecular weight is 271 g/mol. The van der Waals surface area contributed by atoms with Gasteiger partial charge in [0.05, 0.1) is 4.92 Å². The number of nitro benzene ring substituents is 1. The summed E-state index contributed by atoms with van der Waals surface area (Å²) < 4.78 is 0. The molecule has 1 amide bonds. The van der Waals surface area contributed by atoms with Crippen LogP contribution in [0.25, 0.3) is 0 Å². The highest BCUT2D eigenvalue weighted by molar-refractivity contribution is 6.20. The number of alkyl halides is 1. The van der Waals surface area contributed by atoms with E-state index in [1.54, 1.807) is 13.0 Å². The number of amides is 1. The summed E-state index contributed by atoms with van der Waals surface area (Å²) in [4.78, 5) is 22.1. The highest BCUT2D eigenvalue weighted by Crippen LogP contribution is 2.19. The van der Waals surface area contributed by atoms with Crippen LogP contribution in [0.5, 0.6) is 0 Å². The van der Waals surface area contributed by atoms with Crippen LogP contribution in [-0.4, -0.2) is 22.8 Å². The molecule has 0 heterocycles. The van der Waals surface area contributed by atoms with Gasteiger partial charge in [-0.15, -0.1) is 11.6 Å². The summed E-state index contributed by atoms with van der Waals surface area (Å²) in [5, 5.41) is 13.4. The van der Waals surface area contributed by atoms with E-state index in [2.05, 4.69) is 5.32 Å². The first kappa shape index (κ1) is 14.4. The van der Waals surface area contributed by atoms with Crippen LogP contribution >= 0.6 is 11.6 Å². The molecule has 98 valence electrons. The fraction of sp³-hybridized carbons (Fsp3) is 0.417. The fourth-order valence-electron chi connectivity index (χ4n) is 1.47. The lowest BCUT2D eigenvalue weighted by atomic mass is 10.1. The normalized spacial score (nSPS) is 11.9. The van der Waals surface area contributed by atoms with Crippen molar-refractivity contribution < 1.29 is 9.72 Å². The number of rotatable bonds is 5. The Labute approximate surface area is 110 Å². The quantitative estimate of drug-likeness (QED) is 0.508. The summed E-state index contributed by atoms with van der Waals surface area (Å²) in [6.07, 6.45) is 0.618. The summed E-state index contributed by atoms with van der Waals surface area (Å²) >= 11 is 5.75. The molecule has 0 spiro atoms. The van der Waals surface area contributed by atoms with Crippen molar-refractivity contribution >= 4 is 23.2 Å². The molecule has 0 saturated carbocycles. The Balaban J connectivity index is 2.84. The van der Waals surface area contributed by atoms with Crippen molar-refractivity contribution in [3.05, 3.63) is 39.4 Å². The highest BCUT2D eigenvalue weighted by Gasteiger charge is 2.19. The molecule has 0 saturated heterocycles. The summed E-state index contributed by atoms with van der Waals surface area (Å²) in [6.45, 7) is 4.00. The molecular weight excluding hydrogens is 256 g/mol. The predicted molar refractivity (Wildman–Crippen MR) is 70.1 cm³/mol. The van der Waals surface area contributed by atoms with Crippen LogP contribution in [0.2, 0.25) is 0 Å². The van der Waals surface area contributed by atoms with E-state index in [1.807, 2.05) is 6.92 Å². The minimum atomic E-state index is -0.557.